The molecule has 5 heterocycles. The van der Waals surface area contributed by atoms with Crippen molar-refractivity contribution in [3.8, 4) is 6.07 Å². The normalized spacial score (nSPS) is 31.3. The fourth-order valence-electron chi connectivity index (χ4n) is 5.04. The third-order valence-corrected chi connectivity index (χ3v) is 6.26. The second kappa shape index (κ2) is 6.79. The van der Waals surface area contributed by atoms with Gasteiger partial charge in [0, 0.05) is 38.8 Å². The molecule has 2 aromatic heterocycles. The molecule has 2 aromatic rings. The zero-order valence-corrected chi connectivity index (χ0v) is 15.7. The van der Waals surface area contributed by atoms with Crippen LogP contribution in [0.4, 0.5) is 5.69 Å². The third-order valence-electron chi connectivity index (χ3n) is 6.26. The minimum absolute atomic E-state index is 0.187. The van der Waals surface area contributed by atoms with E-state index in [-0.39, 0.29) is 12.2 Å². The van der Waals surface area contributed by atoms with E-state index in [1.54, 1.807) is 10.7 Å². The van der Waals surface area contributed by atoms with Gasteiger partial charge in [-0.15, -0.1) is 0 Å². The summed E-state index contributed by atoms with van der Waals surface area (Å²) < 4.78 is 8.02. The molecule has 4 atom stereocenters. The predicted molar refractivity (Wildman–Crippen MR) is 103 cm³/mol. The smallest absolute Gasteiger partial charge is 0.142 e. The van der Waals surface area contributed by atoms with Gasteiger partial charge in [-0.05, 0) is 44.0 Å². The molecule has 0 aliphatic carbocycles. The molecule has 0 saturated carbocycles. The number of likely N-dealkylation sites (tertiary alicyclic amines) is 1. The van der Waals surface area contributed by atoms with Crippen LogP contribution in [0.5, 0.6) is 0 Å². The lowest BCUT2D eigenvalue weighted by Crippen LogP contribution is -2.65. The van der Waals surface area contributed by atoms with E-state index in [0.717, 1.165) is 49.3 Å². The maximum absolute atomic E-state index is 9.31. The monoisotopic (exact) mass is 366 g/mol. The molecule has 3 aliphatic heterocycles. The standard InChI is InChI=1S/C20H26N6O/c1-14-10-24(19-3-2-16(8-21)26-20(19)5-7-23-26)12-17(27-14)13-25-11-15-9-22-6-4-18(15)25/h2-3,5,7,14-15,17-18,22H,4,6,9-13H2,1H3/t14-,15?,17-,18?/m1/s1. The second-order valence-corrected chi connectivity index (χ2v) is 8.09. The molecule has 0 aromatic carbocycles. The van der Waals surface area contributed by atoms with Gasteiger partial charge >= 0.3 is 0 Å². The van der Waals surface area contributed by atoms with E-state index in [1.165, 1.54) is 19.5 Å². The van der Waals surface area contributed by atoms with Crippen molar-refractivity contribution in [1.29, 1.82) is 5.26 Å². The Hall–Kier alpha value is -2.14. The van der Waals surface area contributed by atoms with Crippen LogP contribution in [0.15, 0.2) is 24.4 Å². The Morgan fingerprint density at radius 3 is 3.07 bits per heavy atom. The van der Waals surface area contributed by atoms with Gasteiger partial charge in [-0.25, -0.2) is 4.52 Å². The van der Waals surface area contributed by atoms with Gasteiger partial charge in [-0.1, -0.05) is 0 Å². The Balaban J connectivity index is 1.34. The van der Waals surface area contributed by atoms with E-state index in [4.69, 9.17) is 4.74 Å². The first kappa shape index (κ1) is 17.0. The largest absolute Gasteiger partial charge is 0.370 e. The topological polar surface area (TPSA) is 68.8 Å². The number of hydrogen-bond acceptors (Lipinski definition) is 6. The zero-order chi connectivity index (χ0) is 18.4. The average Bonchev–Trinajstić information content (AvgIpc) is 3.15. The van der Waals surface area contributed by atoms with E-state index in [9.17, 15) is 5.26 Å². The number of aromatic nitrogens is 2. The Labute approximate surface area is 159 Å². The maximum Gasteiger partial charge on any atom is 0.142 e. The van der Waals surface area contributed by atoms with Gasteiger partial charge in [0.2, 0.25) is 0 Å². The van der Waals surface area contributed by atoms with Crippen molar-refractivity contribution in [2.45, 2.75) is 31.6 Å². The van der Waals surface area contributed by atoms with Gasteiger partial charge in [0.25, 0.3) is 0 Å². The van der Waals surface area contributed by atoms with Crippen molar-refractivity contribution < 1.29 is 4.74 Å². The fraction of sp³-hybridized carbons (Fsp3) is 0.600. The highest BCUT2D eigenvalue weighted by Gasteiger charge is 2.41. The number of ether oxygens (including phenoxy) is 1. The van der Waals surface area contributed by atoms with Crippen LogP contribution >= 0.6 is 0 Å². The minimum atomic E-state index is 0.187. The quantitative estimate of drug-likeness (QED) is 0.877. The van der Waals surface area contributed by atoms with Gasteiger partial charge < -0.3 is 15.0 Å². The highest BCUT2D eigenvalue weighted by Crippen LogP contribution is 2.31. The number of fused-ring (bicyclic) bond motifs is 2. The molecule has 1 N–H and O–H groups in total. The van der Waals surface area contributed by atoms with Crippen LogP contribution in [-0.2, 0) is 4.74 Å². The minimum Gasteiger partial charge on any atom is -0.370 e. The zero-order valence-electron chi connectivity index (χ0n) is 15.7. The number of piperidine rings is 1. The fourth-order valence-corrected chi connectivity index (χ4v) is 5.04. The SMILES string of the molecule is C[C@@H]1CN(c2ccc(C#N)n3nccc23)C[C@H](CN2CC3CNCCC32)O1. The molecule has 3 saturated heterocycles. The lowest BCUT2D eigenvalue weighted by Gasteiger charge is -2.53. The third kappa shape index (κ3) is 2.98. The first-order chi connectivity index (χ1) is 13.2. The van der Waals surface area contributed by atoms with Gasteiger partial charge in [0.05, 0.1) is 29.6 Å². The number of nitriles is 1. The predicted octanol–water partition coefficient (Wildman–Crippen LogP) is 1.09. The van der Waals surface area contributed by atoms with Gasteiger partial charge in [0.1, 0.15) is 11.8 Å². The van der Waals surface area contributed by atoms with E-state index >= 15 is 0 Å². The molecular formula is C20H26N6O. The summed E-state index contributed by atoms with van der Waals surface area (Å²) in [5, 5.41) is 17.1. The van der Waals surface area contributed by atoms with Gasteiger partial charge in [-0.2, -0.15) is 10.4 Å². The molecule has 0 radical (unpaired) electrons. The summed E-state index contributed by atoms with van der Waals surface area (Å²) in [6, 6.07) is 8.85. The summed E-state index contributed by atoms with van der Waals surface area (Å²) in [6.45, 7) is 8.39. The van der Waals surface area contributed by atoms with Crippen molar-refractivity contribution >= 4 is 11.2 Å². The Morgan fingerprint density at radius 1 is 1.30 bits per heavy atom. The number of morpholine rings is 1. The van der Waals surface area contributed by atoms with Crippen LogP contribution in [0.1, 0.15) is 19.0 Å². The molecule has 0 bridgehead atoms. The number of pyridine rings is 1. The van der Waals surface area contributed by atoms with Gasteiger partial charge in [0.15, 0.2) is 0 Å². The molecule has 0 amide bonds. The Bertz CT molecular complexity index is 873. The summed E-state index contributed by atoms with van der Waals surface area (Å²) in [4.78, 5) is 5.01. The highest BCUT2D eigenvalue weighted by atomic mass is 16.5. The van der Waals surface area contributed by atoms with Crippen molar-refractivity contribution in [2.24, 2.45) is 5.92 Å². The maximum atomic E-state index is 9.31. The lowest BCUT2D eigenvalue weighted by molar-refractivity contribution is -0.0781. The number of hydrogen-bond donors (Lipinski definition) is 1. The summed E-state index contributed by atoms with van der Waals surface area (Å²) in [5.41, 5.74) is 2.69. The average molecular weight is 366 g/mol. The molecule has 3 fully saturated rings. The molecule has 142 valence electrons. The highest BCUT2D eigenvalue weighted by molar-refractivity contribution is 5.74. The molecule has 2 unspecified atom stereocenters. The molecule has 0 spiro atoms. The van der Waals surface area contributed by atoms with Crippen LogP contribution < -0.4 is 10.2 Å². The van der Waals surface area contributed by atoms with Crippen LogP contribution in [0.3, 0.4) is 0 Å². The molecular weight excluding hydrogens is 340 g/mol. The molecule has 7 heteroatoms. The number of nitrogens with one attached hydrogen (secondary N) is 1. The number of rotatable bonds is 3. The van der Waals surface area contributed by atoms with E-state index < -0.39 is 0 Å². The first-order valence-corrected chi connectivity index (χ1v) is 9.95. The van der Waals surface area contributed by atoms with Crippen molar-refractivity contribution in [3.63, 3.8) is 0 Å². The number of nitrogens with zero attached hydrogens (tertiary/aromatic N) is 5. The summed E-state index contributed by atoms with van der Waals surface area (Å²) in [6.07, 6.45) is 3.41. The molecule has 27 heavy (non-hydrogen) atoms. The second-order valence-electron chi connectivity index (χ2n) is 8.09. The van der Waals surface area contributed by atoms with E-state index in [2.05, 4.69) is 39.3 Å². The Morgan fingerprint density at radius 2 is 2.22 bits per heavy atom. The van der Waals surface area contributed by atoms with Crippen LogP contribution in [0, 0.1) is 17.2 Å². The first-order valence-electron chi connectivity index (χ1n) is 9.95. The van der Waals surface area contributed by atoms with Crippen molar-refractivity contribution in [3.05, 3.63) is 30.1 Å². The van der Waals surface area contributed by atoms with Crippen LogP contribution in [0.25, 0.3) is 5.52 Å². The number of anilines is 1. The van der Waals surface area contributed by atoms with Gasteiger partial charge in [-0.3, -0.25) is 4.90 Å². The summed E-state index contributed by atoms with van der Waals surface area (Å²) in [7, 11) is 0. The van der Waals surface area contributed by atoms with Crippen LogP contribution in [0.2, 0.25) is 0 Å². The van der Waals surface area contributed by atoms with Crippen LogP contribution in [-0.4, -0.2) is 72.0 Å². The molecule has 5 rings (SSSR count). The Kier molecular flexibility index (Phi) is 4.27. The molecule has 3 aliphatic rings. The van der Waals surface area contributed by atoms with E-state index in [0.29, 0.717) is 5.69 Å². The summed E-state index contributed by atoms with van der Waals surface area (Å²) in [5.74, 6) is 0.820. The van der Waals surface area contributed by atoms with E-state index in [1.807, 2.05) is 12.1 Å². The summed E-state index contributed by atoms with van der Waals surface area (Å²) >= 11 is 0. The van der Waals surface area contributed by atoms with Crippen molar-refractivity contribution in [2.75, 3.05) is 44.2 Å². The lowest BCUT2D eigenvalue weighted by atomic mass is 9.83. The van der Waals surface area contributed by atoms with Crippen molar-refractivity contribution in [1.82, 2.24) is 19.8 Å². The molecule has 7 nitrogen and oxygen atoms in total.